The molecule has 1 unspecified atom stereocenters. The van der Waals surface area contributed by atoms with Gasteiger partial charge in [-0.3, -0.25) is 0 Å². The third kappa shape index (κ3) is 1.69. The van der Waals surface area contributed by atoms with Gasteiger partial charge in [0.2, 0.25) is 0 Å². The monoisotopic (exact) mass is 236 g/mol. The minimum Gasteiger partial charge on any atom is -0.103 e. The molecule has 92 valence electrons. The fourth-order valence-corrected chi connectivity index (χ4v) is 2.96. The van der Waals surface area contributed by atoms with Gasteiger partial charge in [0.15, 0.2) is 0 Å². The van der Waals surface area contributed by atoms with Crippen LogP contribution in [-0.2, 0) is 5.41 Å². The summed E-state index contributed by atoms with van der Waals surface area (Å²) in [6, 6.07) is 8.61. The molecule has 0 radical (unpaired) electrons. The molecule has 2 rings (SSSR count). The summed E-state index contributed by atoms with van der Waals surface area (Å²) in [5.41, 5.74) is 5.32. The molecule has 0 saturated heterocycles. The highest BCUT2D eigenvalue weighted by Gasteiger charge is 2.37. The van der Waals surface area contributed by atoms with E-state index in [-0.39, 0.29) is 5.41 Å². The molecular weight excluding hydrogens is 216 g/mol. The van der Waals surface area contributed by atoms with Crippen LogP contribution in [0.2, 0.25) is 0 Å². The van der Waals surface area contributed by atoms with E-state index in [2.05, 4.69) is 63.4 Å². The first kappa shape index (κ1) is 12.6. The van der Waals surface area contributed by atoms with E-state index in [1.54, 1.807) is 0 Å². The lowest BCUT2D eigenvalue weighted by Gasteiger charge is -2.27. The van der Waals surface area contributed by atoms with Crippen molar-refractivity contribution in [3.63, 3.8) is 0 Å². The molecule has 1 aromatic carbocycles. The van der Waals surface area contributed by atoms with Crippen molar-refractivity contribution in [1.29, 1.82) is 0 Å². The van der Waals surface area contributed by atoms with E-state index in [1.807, 2.05) is 12.2 Å². The van der Waals surface area contributed by atoms with E-state index < -0.39 is 0 Å². The Hall–Kier alpha value is -1.82. The minimum absolute atomic E-state index is 0.0222. The highest BCUT2D eigenvalue weighted by Crippen LogP contribution is 2.49. The zero-order chi connectivity index (χ0) is 13.2. The largest absolute Gasteiger partial charge is 0.103 e. The summed E-state index contributed by atoms with van der Waals surface area (Å²) in [6.45, 7) is 12.2. The van der Waals surface area contributed by atoms with Crippen LogP contribution in [-0.4, -0.2) is 0 Å². The van der Waals surface area contributed by atoms with Crippen LogP contribution in [0.3, 0.4) is 0 Å². The van der Waals surface area contributed by atoms with Gasteiger partial charge in [-0.05, 0) is 35.6 Å². The number of fused-ring (bicyclic) bond motifs is 1. The lowest BCUT2D eigenvalue weighted by molar-refractivity contribution is 0.592. The second-order valence-corrected chi connectivity index (χ2v) is 4.90. The number of benzene rings is 1. The summed E-state index contributed by atoms with van der Waals surface area (Å²) < 4.78 is 0. The SMILES string of the molecule is C=CCC1(C)C(/C=C\C)=C(C=C)c2ccccc21. The van der Waals surface area contributed by atoms with Gasteiger partial charge in [0.05, 0.1) is 0 Å². The highest BCUT2D eigenvalue weighted by molar-refractivity contribution is 5.87. The Morgan fingerprint density at radius 1 is 1.22 bits per heavy atom. The maximum Gasteiger partial charge on any atom is 0.0221 e. The van der Waals surface area contributed by atoms with E-state index in [1.165, 1.54) is 22.3 Å². The van der Waals surface area contributed by atoms with Gasteiger partial charge in [-0.2, -0.15) is 0 Å². The highest BCUT2D eigenvalue weighted by atomic mass is 14.4. The Bertz CT molecular complexity index is 543. The second-order valence-electron chi connectivity index (χ2n) is 4.90. The van der Waals surface area contributed by atoms with E-state index >= 15 is 0 Å². The minimum atomic E-state index is 0.0222. The van der Waals surface area contributed by atoms with Gasteiger partial charge in [-0.25, -0.2) is 0 Å². The van der Waals surface area contributed by atoms with E-state index in [0.717, 1.165) is 6.42 Å². The van der Waals surface area contributed by atoms with Crippen molar-refractivity contribution in [2.24, 2.45) is 0 Å². The molecule has 0 spiro atoms. The van der Waals surface area contributed by atoms with E-state index in [4.69, 9.17) is 0 Å². The third-order valence-corrected chi connectivity index (χ3v) is 3.79. The van der Waals surface area contributed by atoms with Crippen molar-refractivity contribution >= 4 is 5.57 Å². The van der Waals surface area contributed by atoms with Crippen LogP contribution < -0.4 is 0 Å². The van der Waals surface area contributed by atoms with Crippen molar-refractivity contribution in [1.82, 2.24) is 0 Å². The standard InChI is InChI=1S/C18H20/c1-5-10-16-14(7-3)15-11-8-9-12-17(15)18(16,4)13-6-2/h5-12H,2-3,13H2,1,4H3/b10-5-. The fraction of sp³-hybridized carbons (Fsp3) is 0.222. The second kappa shape index (κ2) is 4.81. The molecule has 1 atom stereocenters. The fourth-order valence-electron chi connectivity index (χ4n) is 2.96. The van der Waals surface area contributed by atoms with Crippen LogP contribution in [0, 0.1) is 0 Å². The number of hydrogen-bond acceptors (Lipinski definition) is 0. The molecule has 1 aliphatic rings. The van der Waals surface area contributed by atoms with E-state index in [9.17, 15) is 0 Å². The Labute approximate surface area is 110 Å². The zero-order valence-corrected chi connectivity index (χ0v) is 11.2. The van der Waals surface area contributed by atoms with Crippen molar-refractivity contribution in [3.8, 4) is 0 Å². The quantitative estimate of drug-likeness (QED) is 0.642. The van der Waals surface area contributed by atoms with Crippen LogP contribution in [0.1, 0.15) is 31.4 Å². The number of allylic oxidation sites excluding steroid dienone is 6. The average Bonchev–Trinajstić information content (AvgIpc) is 2.61. The van der Waals surface area contributed by atoms with Gasteiger partial charge in [0.25, 0.3) is 0 Å². The van der Waals surface area contributed by atoms with Crippen LogP contribution in [0.4, 0.5) is 0 Å². The third-order valence-electron chi connectivity index (χ3n) is 3.79. The lowest BCUT2D eigenvalue weighted by atomic mass is 9.76. The van der Waals surface area contributed by atoms with Crippen LogP contribution >= 0.6 is 0 Å². The molecule has 0 N–H and O–H groups in total. The van der Waals surface area contributed by atoms with E-state index in [0.29, 0.717) is 0 Å². The van der Waals surface area contributed by atoms with Crippen molar-refractivity contribution in [3.05, 3.63) is 78.4 Å². The summed E-state index contributed by atoms with van der Waals surface area (Å²) in [5.74, 6) is 0. The summed E-state index contributed by atoms with van der Waals surface area (Å²) >= 11 is 0. The summed E-state index contributed by atoms with van der Waals surface area (Å²) in [4.78, 5) is 0. The molecule has 1 aromatic rings. The summed E-state index contributed by atoms with van der Waals surface area (Å²) in [7, 11) is 0. The molecule has 0 amide bonds. The van der Waals surface area contributed by atoms with Crippen molar-refractivity contribution < 1.29 is 0 Å². The molecule has 1 aliphatic carbocycles. The van der Waals surface area contributed by atoms with Crippen molar-refractivity contribution in [2.45, 2.75) is 25.7 Å². The van der Waals surface area contributed by atoms with Gasteiger partial charge in [0, 0.05) is 5.41 Å². The topological polar surface area (TPSA) is 0 Å². The van der Waals surface area contributed by atoms with Gasteiger partial charge in [-0.1, -0.05) is 62.1 Å². The Kier molecular flexibility index (Phi) is 3.38. The number of hydrogen-bond donors (Lipinski definition) is 0. The first-order valence-electron chi connectivity index (χ1n) is 6.39. The van der Waals surface area contributed by atoms with Gasteiger partial charge < -0.3 is 0 Å². The first-order valence-corrected chi connectivity index (χ1v) is 6.39. The Morgan fingerprint density at radius 3 is 2.56 bits per heavy atom. The smallest absolute Gasteiger partial charge is 0.0221 e. The summed E-state index contributed by atoms with van der Waals surface area (Å²) in [6.07, 6.45) is 9.24. The predicted molar refractivity (Wildman–Crippen MR) is 80.5 cm³/mol. The van der Waals surface area contributed by atoms with Gasteiger partial charge >= 0.3 is 0 Å². The first-order chi connectivity index (χ1) is 8.69. The summed E-state index contributed by atoms with van der Waals surface area (Å²) in [5, 5.41) is 0. The van der Waals surface area contributed by atoms with Crippen LogP contribution in [0.5, 0.6) is 0 Å². The molecule has 0 aliphatic heterocycles. The van der Waals surface area contributed by atoms with Crippen LogP contribution in [0.25, 0.3) is 5.57 Å². The molecule has 0 heteroatoms. The molecule has 18 heavy (non-hydrogen) atoms. The maximum atomic E-state index is 3.98. The molecule has 0 fully saturated rings. The van der Waals surface area contributed by atoms with Crippen LogP contribution in [0.15, 0.2) is 67.3 Å². The molecular formula is C18H20. The zero-order valence-electron chi connectivity index (χ0n) is 11.2. The molecule has 0 saturated carbocycles. The molecule has 0 heterocycles. The molecule has 0 aromatic heterocycles. The normalized spacial score (nSPS) is 22.3. The molecule has 0 bridgehead atoms. The predicted octanol–water partition coefficient (Wildman–Crippen LogP) is 5.05. The lowest BCUT2D eigenvalue weighted by Crippen LogP contribution is -2.20. The van der Waals surface area contributed by atoms with Gasteiger partial charge in [0.1, 0.15) is 0 Å². The average molecular weight is 236 g/mol. The van der Waals surface area contributed by atoms with Crippen molar-refractivity contribution in [2.75, 3.05) is 0 Å². The Balaban J connectivity index is 2.74. The maximum absolute atomic E-state index is 3.98. The Morgan fingerprint density at radius 2 is 1.94 bits per heavy atom. The van der Waals surface area contributed by atoms with Gasteiger partial charge in [-0.15, -0.1) is 6.58 Å². The molecule has 0 nitrogen and oxygen atoms in total. The number of rotatable bonds is 4.